The van der Waals surface area contributed by atoms with Gasteiger partial charge < -0.3 is 4.74 Å². The van der Waals surface area contributed by atoms with E-state index in [0.717, 1.165) is 11.1 Å². The Kier molecular flexibility index (Phi) is 5.06. The minimum Gasteiger partial charge on any atom is -0.495 e. The number of aromatic nitrogens is 2. The lowest BCUT2D eigenvalue weighted by molar-refractivity contribution is 0.402. The number of hydrogen-bond acceptors (Lipinski definition) is 5. The Morgan fingerprint density at radius 1 is 1.04 bits per heavy atom. The summed E-state index contributed by atoms with van der Waals surface area (Å²) >= 11 is 0. The molecule has 128 valence electrons. The van der Waals surface area contributed by atoms with E-state index in [9.17, 15) is 8.42 Å². The van der Waals surface area contributed by atoms with Gasteiger partial charge in [-0.05, 0) is 35.9 Å². The molecule has 7 heteroatoms. The summed E-state index contributed by atoms with van der Waals surface area (Å²) in [6.07, 6.45) is 5.04. The first-order valence-electron chi connectivity index (χ1n) is 7.59. The zero-order valence-corrected chi connectivity index (χ0v) is 14.4. The second kappa shape index (κ2) is 7.42. The number of methoxy groups -OCH3 is 1. The zero-order valence-electron chi connectivity index (χ0n) is 13.6. The predicted molar refractivity (Wildman–Crippen MR) is 94.5 cm³/mol. The molecule has 25 heavy (non-hydrogen) atoms. The van der Waals surface area contributed by atoms with E-state index in [0.29, 0.717) is 11.4 Å². The highest BCUT2D eigenvalue weighted by Gasteiger charge is 2.19. The number of sulfonamides is 1. The third-order valence-electron chi connectivity index (χ3n) is 3.64. The third kappa shape index (κ3) is 3.84. The molecular formula is C18H17N3O3S. The molecule has 3 rings (SSSR count). The summed E-state index contributed by atoms with van der Waals surface area (Å²) in [5.41, 5.74) is 2.28. The maximum Gasteiger partial charge on any atom is 0.244 e. The summed E-state index contributed by atoms with van der Waals surface area (Å²) in [5.74, 6) is 0.300. The monoisotopic (exact) mass is 355 g/mol. The van der Waals surface area contributed by atoms with Crippen LogP contribution in [0.25, 0.3) is 11.3 Å². The average Bonchev–Trinajstić information content (AvgIpc) is 2.67. The predicted octanol–water partition coefficient (Wildman–Crippen LogP) is 2.63. The van der Waals surface area contributed by atoms with E-state index in [1.165, 1.54) is 13.2 Å². The van der Waals surface area contributed by atoms with Crippen LogP contribution in [-0.4, -0.2) is 25.5 Å². The topological polar surface area (TPSA) is 81.2 Å². The van der Waals surface area contributed by atoms with Crippen molar-refractivity contribution in [3.8, 4) is 17.0 Å². The summed E-state index contributed by atoms with van der Waals surface area (Å²) in [4.78, 5) is 8.54. The first-order chi connectivity index (χ1) is 12.1. The zero-order chi connectivity index (χ0) is 17.7. The molecule has 6 nitrogen and oxygen atoms in total. The summed E-state index contributed by atoms with van der Waals surface area (Å²) in [6, 6.07) is 13.8. The number of benzene rings is 1. The van der Waals surface area contributed by atoms with Crippen LogP contribution in [0.5, 0.6) is 5.75 Å². The standard InChI is InChI=1S/C18H17N3O3S/c1-24-16-8-2-3-9-17(16)25(22,23)21-13-15-7-5-11-20-18(15)14-6-4-10-19-12-14/h2-12,21H,13H2,1H3. The molecule has 0 spiro atoms. The molecule has 1 N–H and O–H groups in total. The van der Waals surface area contributed by atoms with Gasteiger partial charge in [-0.1, -0.05) is 18.2 Å². The summed E-state index contributed by atoms with van der Waals surface area (Å²) < 4.78 is 33.0. The van der Waals surface area contributed by atoms with Crippen molar-refractivity contribution in [1.82, 2.24) is 14.7 Å². The van der Waals surface area contributed by atoms with Crippen LogP contribution in [-0.2, 0) is 16.6 Å². The van der Waals surface area contributed by atoms with E-state index in [4.69, 9.17) is 4.74 Å². The van der Waals surface area contributed by atoms with Crippen molar-refractivity contribution in [1.29, 1.82) is 0 Å². The molecule has 0 amide bonds. The van der Waals surface area contributed by atoms with Crippen molar-refractivity contribution in [3.63, 3.8) is 0 Å². The highest BCUT2D eigenvalue weighted by Crippen LogP contribution is 2.24. The fourth-order valence-corrected chi connectivity index (χ4v) is 3.61. The van der Waals surface area contributed by atoms with Crippen LogP contribution in [0.1, 0.15) is 5.56 Å². The Morgan fingerprint density at radius 2 is 1.84 bits per heavy atom. The van der Waals surface area contributed by atoms with E-state index in [1.54, 1.807) is 42.9 Å². The van der Waals surface area contributed by atoms with Crippen LogP contribution < -0.4 is 9.46 Å². The van der Waals surface area contributed by atoms with Crippen molar-refractivity contribution in [2.45, 2.75) is 11.4 Å². The molecule has 0 unspecified atom stereocenters. The number of para-hydroxylation sites is 1. The van der Waals surface area contributed by atoms with Gasteiger partial charge in [-0.25, -0.2) is 13.1 Å². The molecule has 1 aromatic carbocycles. The lowest BCUT2D eigenvalue weighted by atomic mass is 10.1. The highest BCUT2D eigenvalue weighted by molar-refractivity contribution is 7.89. The number of nitrogens with zero attached hydrogens (tertiary/aromatic N) is 2. The van der Waals surface area contributed by atoms with Gasteiger partial charge in [-0.15, -0.1) is 0 Å². The Hall–Kier alpha value is -2.77. The number of hydrogen-bond donors (Lipinski definition) is 1. The van der Waals surface area contributed by atoms with Crippen LogP contribution in [0, 0.1) is 0 Å². The fraction of sp³-hybridized carbons (Fsp3) is 0.111. The molecule has 0 saturated carbocycles. The summed E-state index contributed by atoms with van der Waals surface area (Å²) in [5, 5.41) is 0. The molecule has 0 aliphatic carbocycles. The Bertz CT molecular complexity index is 960. The second-order valence-electron chi connectivity index (χ2n) is 5.23. The van der Waals surface area contributed by atoms with E-state index < -0.39 is 10.0 Å². The lowest BCUT2D eigenvalue weighted by Gasteiger charge is -2.12. The first kappa shape index (κ1) is 17.1. The Balaban J connectivity index is 1.87. The van der Waals surface area contributed by atoms with Crippen LogP contribution >= 0.6 is 0 Å². The molecule has 2 aromatic heterocycles. The quantitative estimate of drug-likeness (QED) is 0.735. The van der Waals surface area contributed by atoms with Gasteiger partial charge in [0.1, 0.15) is 10.6 Å². The molecule has 0 radical (unpaired) electrons. The molecule has 0 saturated heterocycles. The van der Waals surface area contributed by atoms with Crippen LogP contribution in [0.4, 0.5) is 0 Å². The van der Waals surface area contributed by atoms with Gasteiger partial charge in [0.25, 0.3) is 0 Å². The first-order valence-corrected chi connectivity index (χ1v) is 9.07. The van der Waals surface area contributed by atoms with Crippen molar-refractivity contribution >= 4 is 10.0 Å². The van der Waals surface area contributed by atoms with E-state index in [2.05, 4.69) is 14.7 Å². The minimum absolute atomic E-state index is 0.101. The smallest absolute Gasteiger partial charge is 0.244 e. The molecule has 3 aromatic rings. The van der Waals surface area contributed by atoms with Gasteiger partial charge in [0.15, 0.2) is 0 Å². The second-order valence-corrected chi connectivity index (χ2v) is 6.96. The number of rotatable bonds is 6. The van der Waals surface area contributed by atoms with Gasteiger partial charge in [-0.3, -0.25) is 9.97 Å². The minimum atomic E-state index is -3.72. The van der Waals surface area contributed by atoms with E-state index in [1.807, 2.05) is 18.2 Å². The maximum atomic E-state index is 12.6. The highest BCUT2D eigenvalue weighted by atomic mass is 32.2. The molecule has 2 heterocycles. The van der Waals surface area contributed by atoms with Crippen LogP contribution in [0.2, 0.25) is 0 Å². The van der Waals surface area contributed by atoms with E-state index >= 15 is 0 Å². The molecule has 0 fully saturated rings. The third-order valence-corrected chi connectivity index (χ3v) is 5.08. The van der Waals surface area contributed by atoms with Crippen molar-refractivity contribution in [2.75, 3.05) is 7.11 Å². The van der Waals surface area contributed by atoms with Gasteiger partial charge in [-0.2, -0.15) is 0 Å². The summed E-state index contributed by atoms with van der Waals surface area (Å²) in [7, 11) is -2.28. The fourth-order valence-electron chi connectivity index (χ4n) is 2.44. The lowest BCUT2D eigenvalue weighted by Crippen LogP contribution is -2.24. The van der Waals surface area contributed by atoms with Gasteiger partial charge in [0, 0.05) is 30.7 Å². The molecule has 0 bridgehead atoms. The van der Waals surface area contributed by atoms with Gasteiger partial charge >= 0.3 is 0 Å². The largest absolute Gasteiger partial charge is 0.495 e. The molecule has 0 atom stereocenters. The van der Waals surface area contributed by atoms with Crippen molar-refractivity contribution < 1.29 is 13.2 Å². The SMILES string of the molecule is COc1ccccc1S(=O)(=O)NCc1cccnc1-c1cccnc1. The average molecular weight is 355 g/mol. The van der Waals surface area contributed by atoms with Crippen LogP contribution in [0.3, 0.4) is 0 Å². The van der Waals surface area contributed by atoms with Gasteiger partial charge in [0.05, 0.1) is 12.8 Å². The summed E-state index contributed by atoms with van der Waals surface area (Å²) in [6.45, 7) is 0.110. The Morgan fingerprint density at radius 3 is 2.60 bits per heavy atom. The molecular weight excluding hydrogens is 338 g/mol. The normalized spacial score (nSPS) is 11.2. The van der Waals surface area contributed by atoms with Crippen molar-refractivity contribution in [3.05, 3.63) is 72.7 Å². The van der Waals surface area contributed by atoms with E-state index in [-0.39, 0.29) is 11.4 Å². The molecule has 0 aliphatic heterocycles. The Labute approximate surface area is 146 Å². The van der Waals surface area contributed by atoms with Crippen LogP contribution in [0.15, 0.2) is 72.0 Å². The maximum absolute atomic E-state index is 12.6. The van der Waals surface area contributed by atoms with Crippen molar-refractivity contribution in [2.24, 2.45) is 0 Å². The number of ether oxygens (including phenoxy) is 1. The van der Waals surface area contributed by atoms with Gasteiger partial charge in [0.2, 0.25) is 10.0 Å². The number of pyridine rings is 2. The molecule has 0 aliphatic rings. The number of nitrogens with one attached hydrogen (secondary N) is 1.